The van der Waals surface area contributed by atoms with Crippen molar-refractivity contribution >= 4 is 12.0 Å². The fourth-order valence-corrected chi connectivity index (χ4v) is 1.10. The first kappa shape index (κ1) is 11.8. The van der Waals surface area contributed by atoms with E-state index in [1.165, 1.54) is 0 Å². The van der Waals surface area contributed by atoms with Gasteiger partial charge in [-0.2, -0.15) is 0 Å². The summed E-state index contributed by atoms with van der Waals surface area (Å²) in [7, 11) is 0. The van der Waals surface area contributed by atoms with Gasteiger partial charge in [0.15, 0.2) is 0 Å². The minimum atomic E-state index is 0.0661. The Morgan fingerprint density at radius 1 is 1.47 bits per heavy atom. The number of aromatic nitrogens is 2. The van der Waals surface area contributed by atoms with Gasteiger partial charge in [-0.25, -0.2) is 0 Å². The van der Waals surface area contributed by atoms with Gasteiger partial charge in [0.1, 0.15) is 0 Å². The van der Waals surface area contributed by atoms with Crippen molar-refractivity contribution in [1.82, 2.24) is 10.2 Å². The van der Waals surface area contributed by atoms with Gasteiger partial charge in [-0.05, 0) is 12.8 Å². The van der Waals surface area contributed by atoms with Gasteiger partial charge in [-0.3, -0.25) is 0 Å². The molecule has 3 N–H and O–H groups in total. The van der Waals surface area contributed by atoms with E-state index in [4.69, 9.17) is 14.9 Å². The van der Waals surface area contributed by atoms with E-state index >= 15 is 0 Å². The summed E-state index contributed by atoms with van der Waals surface area (Å²) >= 11 is 0. The summed E-state index contributed by atoms with van der Waals surface area (Å²) in [5, 5.41) is 10.4. The van der Waals surface area contributed by atoms with E-state index in [1.54, 1.807) is 0 Å². The second-order valence-corrected chi connectivity index (χ2v) is 3.60. The lowest BCUT2D eigenvalue weighted by atomic mass is 10.1. The number of nitrogens with two attached hydrogens (primary N) is 1. The summed E-state index contributed by atoms with van der Waals surface area (Å²) in [4.78, 5) is 0. The molecule has 86 valence electrons. The molecule has 15 heavy (non-hydrogen) atoms. The molecular formula is C9H18N4O2. The van der Waals surface area contributed by atoms with Crippen LogP contribution in [0.5, 0.6) is 0 Å². The highest BCUT2D eigenvalue weighted by Gasteiger charge is 2.15. The maximum absolute atomic E-state index is 5.35. The van der Waals surface area contributed by atoms with Gasteiger partial charge in [0, 0.05) is 6.61 Å². The maximum Gasteiger partial charge on any atom is 0.317 e. The molecule has 0 aliphatic heterocycles. The Morgan fingerprint density at radius 3 is 2.67 bits per heavy atom. The zero-order valence-electron chi connectivity index (χ0n) is 9.36. The Kier molecular flexibility index (Phi) is 4.36. The number of nitrogens with zero attached hydrogens (tertiary/aromatic N) is 2. The lowest BCUT2D eigenvalue weighted by molar-refractivity contribution is 0.126. The van der Waals surface area contributed by atoms with Crippen LogP contribution in [-0.2, 0) is 4.74 Å². The fourth-order valence-electron chi connectivity index (χ4n) is 1.10. The number of nitrogen functional groups attached to an aromatic ring is 1. The predicted molar refractivity (Wildman–Crippen MR) is 57.5 cm³/mol. The number of hydrogen-bond donors (Lipinski definition) is 2. The summed E-state index contributed by atoms with van der Waals surface area (Å²) in [5.74, 6) is 0.407. The highest BCUT2D eigenvalue weighted by atomic mass is 16.5. The van der Waals surface area contributed by atoms with Crippen molar-refractivity contribution in [2.75, 3.05) is 24.3 Å². The average molecular weight is 214 g/mol. The van der Waals surface area contributed by atoms with E-state index in [0.29, 0.717) is 25.1 Å². The van der Waals surface area contributed by atoms with E-state index in [1.807, 2.05) is 6.92 Å². The van der Waals surface area contributed by atoms with Crippen molar-refractivity contribution in [2.24, 2.45) is 5.92 Å². The Labute approximate surface area is 89.2 Å². The van der Waals surface area contributed by atoms with E-state index in [2.05, 4.69) is 29.4 Å². The smallest absolute Gasteiger partial charge is 0.317 e. The van der Waals surface area contributed by atoms with Crippen molar-refractivity contribution in [3.63, 3.8) is 0 Å². The molecule has 0 bridgehead atoms. The SMILES string of the molecule is CCOCC(Nc1nnc(N)o1)C(C)C. The Balaban J connectivity index is 2.50. The molecule has 6 heteroatoms. The zero-order chi connectivity index (χ0) is 11.3. The molecule has 1 atom stereocenters. The molecule has 1 rings (SSSR count). The van der Waals surface area contributed by atoms with Crippen molar-refractivity contribution in [3.8, 4) is 0 Å². The molecular weight excluding hydrogens is 196 g/mol. The Bertz CT molecular complexity index is 287. The predicted octanol–water partition coefficient (Wildman–Crippen LogP) is 1.12. The van der Waals surface area contributed by atoms with Crippen molar-refractivity contribution in [1.29, 1.82) is 0 Å². The van der Waals surface area contributed by atoms with Gasteiger partial charge in [0.2, 0.25) is 0 Å². The van der Waals surface area contributed by atoms with Crippen LogP contribution in [0.4, 0.5) is 12.0 Å². The third kappa shape index (κ3) is 3.75. The van der Waals surface area contributed by atoms with Gasteiger partial charge < -0.3 is 20.2 Å². The van der Waals surface area contributed by atoms with Crippen LogP contribution in [-0.4, -0.2) is 29.5 Å². The largest absolute Gasteiger partial charge is 0.390 e. The number of anilines is 2. The lowest BCUT2D eigenvalue weighted by Gasteiger charge is -2.20. The van der Waals surface area contributed by atoms with Crippen LogP contribution in [0.15, 0.2) is 4.42 Å². The van der Waals surface area contributed by atoms with Gasteiger partial charge in [-0.1, -0.05) is 24.0 Å². The first-order valence-corrected chi connectivity index (χ1v) is 5.06. The number of rotatable bonds is 6. The van der Waals surface area contributed by atoms with E-state index in [-0.39, 0.29) is 12.1 Å². The fraction of sp³-hybridized carbons (Fsp3) is 0.778. The molecule has 0 spiro atoms. The average Bonchev–Trinajstić information content (AvgIpc) is 2.58. The third-order valence-electron chi connectivity index (χ3n) is 2.06. The molecule has 1 heterocycles. The molecule has 1 unspecified atom stereocenters. The summed E-state index contributed by atoms with van der Waals surface area (Å²) in [6.07, 6.45) is 0. The molecule has 0 saturated heterocycles. The van der Waals surface area contributed by atoms with Gasteiger partial charge in [-0.15, -0.1) is 0 Å². The molecule has 0 aliphatic carbocycles. The molecule has 0 aliphatic rings. The molecule has 0 saturated carbocycles. The van der Waals surface area contributed by atoms with Gasteiger partial charge in [0.05, 0.1) is 12.6 Å². The summed E-state index contributed by atoms with van der Waals surface area (Å²) in [5.41, 5.74) is 5.32. The first-order chi connectivity index (χ1) is 7.13. The van der Waals surface area contributed by atoms with E-state index < -0.39 is 0 Å². The molecule has 1 aromatic heterocycles. The van der Waals surface area contributed by atoms with Crippen LogP contribution < -0.4 is 11.1 Å². The number of ether oxygens (including phenoxy) is 1. The van der Waals surface area contributed by atoms with Crippen molar-refractivity contribution in [3.05, 3.63) is 0 Å². The zero-order valence-corrected chi connectivity index (χ0v) is 9.36. The molecule has 0 fully saturated rings. The lowest BCUT2D eigenvalue weighted by Crippen LogP contribution is -2.31. The topological polar surface area (TPSA) is 86.2 Å². The first-order valence-electron chi connectivity index (χ1n) is 5.06. The van der Waals surface area contributed by atoms with E-state index in [0.717, 1.165) is 0 Å². The van der Waals surface area contributed by atoms with E-state index in [9.17, 15) is 0 Å². The number of nitrogens with one attached hydrogen (secondary N) is 1. The Hall–Kier alpha value is -1.30. The minimum Gasteiger partial charge on any atom is -0.390 e. The molecule has 1 aromatic rings. The van der Waals surface area contributed by atoms with Crippen LogP contribution in [0, 0.1) is 5.92 Å². The normalized spacial score (nSPS) is 13.1. The molecule has 0 amide bonds. The van der Waals surface area contributed by atoms with Gasteiger partial charge in [0.25, 0.3) is 0 Å². The van der Waals surface area contributed by atoms with Crippen LogP contribution in [0.3, 0.4) is 0 Å². The van der Waals surface area contributed by atoms with Crippen LogP contribution in [0.2, 0.25) is 0 Å². The van der Waals surface area contributed by atoms with Crippen molar-refractivity contribution in [2.45, 2.75) is 26.8 Å². The monoisotopic (exact) mass is 214 g/mol. The second kappa shape index (κ2) is 5.55. The summed E-state index contributed by atoms with van der Waals surface area (Å²) < 4.78 is 10.4. The van der Waals surface area contributed by atoms with Gasteiger partial charge >= 0.3 is 12.0 Å². The third-order valence-corrected chi connectivity index (χ3v) is 2.06. The molecule has 0 radical (unpaired) electrons. The highest BCUT2D eigenvalue weighted by molar-refractivity contribution is 5.24. The highest BCUT2D eigenvalue weighted by Crippen LogP contribution is 2.12. The Morgan fingerprint density at radius 2 is 2.20 bits per heavy atom. The molecule has 6 nitrogen and oxygen atoms in total. The second-order valence-electron chi connectivity index (χ2n) is 3.60. The quantitative estimate of drug-likeness (QED) is 0.738. The summed E-state index contributed by atoms with van der Waals surface area (Å²) in [6, 6.07) is 0.548. The maximum atomic E-state index is 5.35. The van der Waals surface area contributed by atoms with Crippen molar-refractivity contribution < 1.29 is 9.15 Å². The van der Waals surface area contributed by atoms with Crippen LogP contribution in [0.1, 0.15) is 20.8 Å². The number of hydrogen-bond acceptors (Lipinski definition) is 6. The van der Waals surface area contributed by atoms with Crippen LogP contribution >= 0.6 is 0 Å². The standard InChI is InChI=1S/C9H18N4O2/c1-4-14-5-7(6(2)3)11-9-13-12-8(10)15-9/h6-7H,4-5H2,1-3H3,(H2,10,12)(H,11,13). The minimum absolute atomic E-state index is 0.0661. The van der Waals surface area contributed by atoms with Crippen LogP contribution in [0.25, 0.3) is 0 Å². The molecule has 0 aromatic carbocycles. The summed E-state index contributed by atoms with van der Waals surface area (Å²) in [6.45, 7) is 7.45.